The molecule has 3 aromatic rings. The van der Waals surface area contributed by atoms with E-state index in [9.17, 15) is 9.59 Å². The highest BCUT2D eigenvalue weighted by molar-refractivity contribution is 6.34. The second kappa shape index (κ2) is 11.0. The van der Waals surface area contributed by atoms with Gasteiger partial charge in [0, 0.05) is 37.3 Å². The number of amides is 2. The maximum atomic E-state index is 13.0. The average molecular weight is 512 g/mol. The minimum atomic E-state index is -0.299. The number of carbonyl (C=O) groups is 2. The average Bonchev–Trinajstić information content (AvgIpc) is 2.86. The Morgan fingerprint density at radius 3 is 2.26 bits per heavy atom. The van der Waals surface area contributed by atoms with Gasteiger partial charge in [0.05, 0.1) is 28.0 Å². The van der Waals surface area contributed by atoms with Crippen LogP contribution in [0.4, 0.5) is 11.4 Å². The van der Waals surface area contributed by atoms with Crippen molar-refractivity contribution >= 4 is 46.4 Å². The van der Waals surface area contributed by atoms with Gasteiger partial charge in [0.25, 0.3) is 11.8 Å². The number of aryl methyl sites for hydroxylation is 1. The molecule has 0 aliphatic carbocycles. The van der Waals surface area contributed by atoms with Crippen LogP contribution in [0.15, 0.2) is 60.7 Å². The molecule has 2 amide bonds. The number of nitrogens with zero attached hydrogens (tertiary/aromatic N) is 2. The van der Waals surface area contributed by atoms with Crippen LogP contribution in [0.1, 0.15) is 33.2 Å². The Kier molecular flexibility index (Phi) is 7.83. The van der Waals surface area contributed by atoms with Crippen LogP contribution in [0.2, 0.25) is 10.0 Å². The lowest BCUT2D eigenvalue weighted by Crippen LogP contribution is -2.49. The SMILES string of the molecule is CCOc1ccc(C(=O)Nc2cccc(Cl)c2N2CCN(C(=O)c3ccc(C)cc3)CC2)cc1Cl. The summed E-state index contributed by atoms with van der Waals surface area (Å²) in [6, 6.07) is 18.0. The lowest BCUT2D eigenvalue weighted by atomic mass is 10.1. The van der Waals surface area contributed by atoms with Gasteiger partial charge in [-0.3, -0.25) is 9.59 Å². The van der Waals surface area contributed by atoms with Crippen LogP contribution in [0.5, 0.6) is 5.75 Å². The fourth-order valence-electron chi connectivity index (χ4n) is 4.06. The van der Waals surface area contributed by atoms with Gasteiger partial charge in [0.2, 0.25) is 0 Å². The smallest absolute Gasteiger partial charge is 0.255 e. The first-order chi connectivity index (χ1) is 16.9. The van der Waals surface area contributed by atoms with Crippen LogP contribution >= 0.6 is 23.2 Å². The Balaban J connectivity index is 1.47. The van der Waals surface area contributed by atoms with E-state index in [1.807, 2.05) is 49.1 Å². The summed E-state index contributed by atoms with van der Waals surface area (Å²) in [5.74, 6) is 0.253. The van der Waals surface area contributed by atoms with Gasteiger partial charge in [-0.25, -0.2) is 0 Å². The first-order valence-corrected chi connectivity index (χ1v) is 12.3. The topological polar surface area (TPSA) is 61.9 Å². The molecule has 0 unspecified atom stereocenters. The highest BCUT2D eigenvalue weighted by atomic mass is 35.5. The van der Waals surface area contributed by atoms with Gasteiger partial charge in [-0.1, -0.05) is 47.0 Å². The number of nitrogens with one attached hydrogen (secondary N) is 1. The van der Waals surface area contributed by atoms with Crippen LogP contribution in [0.25, 0.3) is 0 Å². The zero-order valence-electron chi connectivity index (χ0n) is 19.7. The number of para-hydroxylation sites is 1. The molecule has 0 radical (unpaired) electrons. The minimum absolute atomic E-state index is 0.0183. The molecule has 1 saturated heterocycles. The van der Waals surface area contributed by atoms with E-state index in [4.69, 9.17) is 27.9 Å². The fraction of sp³-hybridized carbons (Fsp3) is 0.259. The van der Waals surface area contributed by atoms with Crippen molar-refractivity contribution in [3.63, 3.8) is 0 Å². The van der Waals surface area contributed by atoms with Gasteiger partial charge < -0.3 is 19.9 Å². The van der Waals surface area contributed by atoms with Crippen molar-refractivity contribution in [1.29, 1.82) is 0 Å². The van der Waals surface area contributed by atoms with Crippen molar-refractivity contribution in [3.05, 3.63) is 87.4 Å². The number of piperazine rings is 1. The number of hydrogen-bond donors (Lipinski definition) is 1. The molecule has 1 aliphatic rings. The largest absolute Gasteiger partial charge is 0.492 e. The predicted octanol–water partition coefficient (Wildman–Crippen LogP) is 5.92. The second-order valence-corrected chi connectivity index (χ2v) is 9.13. The van der Waals surface area contributed by atoms with Crippen molar-refractivity contribution in [3.8, 4) is 5.75 Å². The molecular formula is C27H27Cl2N3O3. The molecule has 182 valence electrons. The van der Waals surface area contributed by atoms with Crippen LogP contribution < -0.4 is 15.0 Å². The zero-order chi connectivity index (χ0) is 24.9. The summed E-state index contributed by atoms with van der Waals surface area (Å²) in [5, 5.41) is 3.87. The maximum Gasteiger partial charge on any atom is 0.255 e. The molecule has 6 nitrogen and oxygen atoms in total. The van der Waals surface area contributed by atoms with Gasteiger partial charge in [-0.2, -0.15) is 0 Å². The fourth-order valence-corrected chi connectivity index (χ4v) is 4.59. The van der Waals surface area contributed by atoms with Crippen molar-refractivity contribution in [2.24, 2.45) is 0 Å². The Morgan fingerprint density at radius 2 is 1.60 bits per heavy atom. The van der Waals surface area contributed by atoms with Gasteiger partial charge in [0.15, 0.2) is 0 Å². The normalized spacial score (nSPS) is 13.5. The second-order valence-electron chi connectivity index (χ2n) is 8.31. The summed E-state index contributed by atoms with van der Waals surface area (Å²) in [6.07, 6.45) is 0. The molecule has 35 heavy (non-hydrogen) atoms. The summed E-state index contributed by atoms with van der Waals surface area (Å²) >= 11 is 12.8. The van der Waals surface area contributed by atoms with Crippen LogP contribution in [-0.2, 0) is 0 Å². The zero-order valence-corrected chi connectivity index (χ0v) is 21.2. The first-order valence-electron chi connectivity index (χ1n) is 11.5. The van der Waals surface area contributed by atoms with E-state index < -0.39 is 0 Å². The molecule has 1 N–H and O–H groups in total. The summed E-state index contributed by atoms with van der Waals surface area (Å²) in [6.45, 7) is 6.66. The molecule has 0 spiro atoms. The van der Waals surface area contributed by atoms with Crippen LogP contribution in [0, 0.1) is 6.92 Å². The van der Waals surface area contributed by atoms with Crippen molar-refractivity contribution in [1.82, 2.24) is 4.90 Å². The van der Waals surface area contributed by atoms with Gasteiger partial charge in [-0.15, -0.1) is 0 Å². The minimum Gasteiger partial charge on any atom is -0.492 e. The highest BCUT2D eigenvalue weighted by Gasteiger charge is 2.25. The quantitative estimate of drug-likeness (QED) is 0.446. The van der Waals surface area contributed by atoms with E-state index in [0.717, 1.165) is 11.3 Å². The highest BCUT2D eigenvalue weighted by Crippen LogP contribution is 2.35. The molecule has 8 heteroatoms. The molecule has 0 bridgehead atoms. The number of benzene rings is 3. The van der Waals surface area contributed by atoms with E-state index in [2.05, 4.69) is 10.2 Å². The molecule has 3 aromatic carbocycles. The van der Waals surface area contributed by atoms with Crippen LogP contribution in [0.3, 0.4) is 0 Å². The Bertz CT molecular complexity index is 1220. The first kappa shape index (κ1) is 24.9. The maximum absolute atomic E-state index is 13.0. The number of ether oxygens (including phenoxy) is 1. The summed E-state index contributed by atoms with van der Waals surface area (Å²) < 4.78 is 5.45. The number of halogens is 2. The molecular weight excluding hydrogens is 485 g/mol. The van der Waals surface area contributed by atoms with Gasteiger partial charge >= 0.3 is 0 Å². The Labute approximate surface area is 215 Å². The number of hydrogen-bond acceptors (Lipinski definition) is 4. The summed E-state index contributed by atoms with van der Waals surface area (Å²) in [7, 11) is 0. The van der Waals surface area contributed by atoms with Crippen molar-refractivity contribution < 1.29 is 14.3 Å². The lowest BCUT2D eigenvalue weighted by molar-refractivity contribution is 0.0746. The Morgan fingerprint density at radius 1 is 0.914 bits per heavy atom. The van der Waals surface area contributed by atoms with E-state index in [0.29, 0.717) is 65.4 Å². The molecule has 0 atom stereocenters. The molecule has 0 saturated carbocycles. The van der Waals surface area contributed by atoms with Gasteiger partial charge in [-0.05, 0) is 56.3 Å². The number of anilines is 2. The lowest BCUT2D eigenvalue weighted by Gasteiger charge is -2.37. The van der Waals surface area contributed by atoms with Crippen LogP contribution in [-0.4, -0.2) is 49.5 Å². The third-order valence-electron chi connectivity index (χ3n) is 5.91. The van der Waals surface area contributed by atoms with E-state index in [1.54, 1.807) is 30.3 Å². The summed E-state index contributed by atoms with van der Waals surface area (Å²) in [4.78, 5) is 29.8. The third-order valence-corrected chi connectivity index (χ3v) is 6.51. The monoisotopic (exact) mass is 511 g/mol. The molecule has 1 fully saturated rings. The molecule has 1 aliphatic heterocycles. The molecule has 0 aromatic heterocycles. The van der Waals surface area contributed by atoms with E-state index in [1.165, 1.54) is 0 Å². The standard InChI is InChI=1S/C27H27Cl2N3O3/c1-3-35-24-12-11-20(17-22(24)29)26(33)30-23-6-4-5-21(28)25(23)31-13-15-32(16-14-31)27(34)19-9-7-18(2)8-10-19/h4-12,17H,3,13-16H2,1-2H3,(H,30,33). The summed E-state index contributed by atoms with van der Waals surface area (Å²) in [5.41, 5.74) is 3.56. The van der Waals surface area contributed by atoms with Crippen molar-refractivity contribution in [2.75, 3.05) is 43.0 Å². The van der Waals surface area contributed by atoms with E-state index in [-0.39, 0.29) is 11.8 Å². The number of carbonyl (C=O) groups excluding carboxylic acids is 2. The van der Waals surface area contributed by atoms with Gasteiger partial charge in [0.1, 0.15) is 5.75 Å². The van der Waals surface area contributed by atoms with E-state index >= 15 is 0 Å². The Hall–Kier alpha value is -3.22. The molecule has 1 heterocycles. The predicted molar refractivity (Wildman–Crippen MR) is 141 cm³/mol. The van der Waals surface area contributed by atoms with Crippen molar-refractivity contribution in [2.45, 2.75) is 13.8 Å². The third kappa shape index (κ3) is 5.72. The number of rotatable bonds is 6. The molecule has 4 rings (SSSR count).